The molecule has 134 valence electrons. The van der Waals surface area contributed by atoms with Crippen LogP contribution in [0.1, 0.15) is 21.6 Å². The van der Waals surface area contributed by atoms with Crippen molar-refractivity contribution in [3.8, 4) is 0 Å². The fraction of sp³-hybridized carbons (Fsp3) is 0.389. The quantitative estimate of drug-likeness (QED) is 0.607. The molecule has 0 bridgehead atoms. The molecular weight excluding hydrogens is 316 g/mol. The molecule has 0 fully saturated rings. The zero-order valence-electron chi connectivity index (χ0n) is 15.3. The molecule has 0 saturated carbocycles. The Balaban J connectivity index is 1.83. The molecule has 0 aliphatic carbocycles. The summed E-state index contributed by atoms with van der Waals surface area (Å²) in [6, 6.07) is 9.69. The van der Waals surface area contributed by atoms with E-state index in [-0.39, 0.29) is 5.91 Å². The Hall–Kier alpha value is -2.83. The van der Waals surface area contributed by atoms with Crippen molar-refractivity contribution in [2.24, 2.45) is 12.0 Å². The highest BCUT2D eigenvalue weighted by Gasteiger charge is 2.08. The van der Waals surface area contributed by atoms with Crippen molar-refractivity contribution in [1.29, 1.82) is 0 Å². The largest absolute Gasteiger partial charge is 0.356 e. The number of carbonyl (C=O) groups is 1. The van der Waals surface area contributed by atoms with Gasteiger partial charge in [0.25, 0.3) is 5.91 Å². The Labute approximate surface area is 148 Å². The van der Waals surface area contributed by atoms with Crippen molar-refractivity contribution in [3.63, 3.8) is 0 Å². The Kier molecular flexibility index (Phi) is 6.56. The number of aliphatic imine (C=N–C) groups is 1. The van der Waals surface area contributed by atoms with E-state index < -0.39 is 0 Å². The molecule has 25 heavy (non-hydrogen) atoms. The van der Waals surface area contributed by atoms with Crippen LogP contribution in [-0.4, -0.2) is 54.2 Å². The maximum atomic E-state index is 12.0. The lowest BCUT2D eigenvalue weighted by Crippen LogP contribution is -2.38. The summed E-state index contributed by atoms with van der Waals surface area (Å²) in [6.07, 6.45) is 2.58. The van der Waals surface area contributed by atoms with E-state index in [2.05, 4.69) is 20.7 Å². The highest BCUT2D eigenvalue weighted by atomic mass is 16.2. The summed E-state index contributed by atoms with van der Waals surface area (Å²) in [5.74, 6) is 0.755. The van der Waals surface area contributed by atoms with Crippen molar-refractivity contribution < 1.29 is 4.79 Å². The lowest BCUT2D eigenvalue weighted by Gasteiger charge is -2.13. The van der Waals surface area contributed by atoms with Gasteiger partial charge in [0.15, 0.2) is 5.96 Å². The Bertz CT molecular complexity index is 735. The summed E-state index contributed by atoms with van der Waals surface area (Å²) in [5.41, 5.74) is 2.90. The van der Waals surface area contributed by atoms with Crippen LogP contribution in [0.5, 0.6) is 0 Å². The first-order valence-electron chi connectivity index (χ1n) is 8.23. The van der Waals surface area contributed by atoms with Crippen LogP contribution >= 0.6 is 0 Å². The molecule has 2 aromatic rings. The van der Waals surface area contributed by atoms with Crippen LogP contribution in [0.25, 0.3) is 0 Å². The number of hydrogen-bond acceptors (Lipinski definition) is 3. The van der Waals surface area contributed by atoms with Gasteiger partial charge in [0.05, 0.1) is 12.2 Å². The summed E-state index contributed by atoms with van der Waals surface area (Å²) in [4.78, 5) is 17.8. The summed E-state index contributed by atoms with van der Waals surface area (Å²) in [6.45, 7) is 1.38. The van der Waals surface area contributed by atoms with Gasteiger partial charge in [-0.1, -0.05) is 12.1 Å². The molecular formula is C18H26N6O. The maximum absolute atomic E-state index is 12.0. The van der Waals surface area contributed by atoms with Crippen LogP contribution in [0, 0.1) is 0 Å². The molecule has 0 radical (unpaired) electrons. The fourth-order valence-electron chi connectivity index (χ4n) is 2.41. The number of nitrogens with one attached hydrogen (secondary N) is 2. The van der Waals surface area contributed by atoms with Gasteiger partial charge in [0.2, 0.25) is 0 Å². The van der Waals surface area contributed by atoms with E-state index in [9.17, 15) is 4.79 Å². The maximum Gasteiger partial charge on any atom is 0.253 e. The second kappa shape index (κ2) is 8.86. The first-order valence-corrected chi connectivity index (χ1v) is 8.23. The third kappa shape index (κ3) is 5.34. The molecule has 0 aliphatic rings. The summed E-state index contributed by atoms with van der Waals surface area (Å²) in [7, 11) is 7.17. The molecule has 0 spiro atoms. The molecule has 1 heterocycles. The molecule has 1 aromatic carbocycles. The minimum atomic E-state index is 0.0171. The highest BCUT2D eigenvalue weighted by Crippen LogP contribution is 2.07. The van der Waals surface area contributed by atoms with E-state index in [4.69, 9.17) is 0 Å². The summed E-state index contributed by atoms with van der Waals surface area (Å²) in [5, 5.41) is 10.7. The third-order valence-corrected chi connectivity index (χ3v) is 3.87. The van der Waals surface area contributed by atoms with Gasteiger partial charge in [-0.2, -0.15) is 5.10 Å². The number of guanidine groups is 1. The number of rotatable bonds is 6. The van der Waals surface area contributed by atoms with Crippen molar-refractivity contribution in [3.05, 3.63) is 53.3 Å². The number of hydrogen-bond donors (Lipinski definition) is 2. The number of carbonyl (C=O) groups excluding carboxylic acids is 1. The minimum Gasteiger partial charge on any atom is -0.356 e. The van der Waals surface area contributed by atoms with E-state index in [1.54, 1.807) is 32.2 Å². The summed E-state index contributed by atoms with van der Waals surface area (Å²) >= 11 is 0. The first-order chi connectivity index (χ1) is 12.0. The van der Waals surface area contributed by atoms with Gasteiger partial charge in [0.1, 0.15) is 0 Å². The predicted octanol–water partition coefficient (Wildman–Crippen LogP) is 1.03. The number of aromatic nitrogens is 2. The second-order valence-corrected chi connectivity index (χ2v) is 5.95. The average Bonchev–Trinajstić information content (AvgIpc) is 3.02. The standard InChI is InChI=1S/C18H26N6O/c1-19-18(21-13-16-9-11-22-24(16)4)20-10-8-14-6-5-7-15(12-14)17(25)23(2)3/h5-7,9,11-12H,8,10,13H2,1-4H3,(H2,19,20,21). The van der Waals surface area contributed by atoms with E-state index in [1.807, 2.05) is 42.1 Å². The molecule has 1 amide bonds. The molecule has 2 N–H and O–H groups in total. The molecule has 7 nitrogen and oxygen atoms in total. The zero-order valence-corrected chi connectivity index (χ0v) is 15.3. The van der Waals surface area contributed by atoms with Gasteiger partial charge in [-0.05, 0) is 30.2 Å². The summed E-state index contributed by atoms with van der Waals surface area (Å²) < 4.78 is 1.83. The Morgan fingerprint density at radius 3 is 2.72 bits per heavy atom. The normalized spacial score (nSPS) is 11.3. The van der Waals surface area contributed by atoms with Crippen LogP contribution in [0.2, 0.25) is 0 Å². The number of aryl methyl sites for hydroxylation is 1. The number of amides is 1. The molecule has 2 rings (SSSR count). The molecule has 0 aliphatic heterocycles. The third-order valence-electron chi connectivity index (χ3n) is 3.87. The topological polar surface area (TPSA) is 74.6 Å². The van der Waals surface area contributed by atoms with Gasteiger partial charge >= 0.3 is 0 Å². The van der Waals surface area contributed by atoms with Crippen LogP contribution in [-0.2, 0) is 20.0 Å². The van der Waals surface area contributed by atoms with Crippen molar-refractivity contribution >= 4 is 11.9 Å². The van der Waals surface area contributed by atoms with E-state index in [0.29, 0.717) is 12.1 Å². The highest BCUT2D eigenvalue weighted by molar-refractivity contribution is 5.94. The molecule has 1 aromatic heterocycles. The van der Waals surface area contributed by atoms with Crippen LogP contribution in [0.4, 0.5) is 0 Å². The van der Waals surface area contributed by atoms with Gasteiger partial charge in [-0.3, -0.25) is 14.5 Å². The number of nitrogens with zero attached hydrogens (tertiary/aromatic N) is 4. The van der Waals surface area contributed by atoms with Crippen molar-refractivity contribution in [2.45, 2.75) is 13.0 Å². The van der Waals surface area contributed by atoms with Gasteiger partial charge in [-0.15, -0.1) is 0 Å². The zero-order chi connectivity index (χ0) is 18.2. The van der Waals surface area contributed by atoms with Crippen molar-refractivity contribution in [2.75, 3.05) is 27.7 Å². The van der Waals surface area contributed by atoms with E-state index >= 15 is 0 Å². The first kappa shape index (κ1) is 18.5. The fourth-order valence-corrected chi connectivity index (χ4v) is 2.41. The van der Waals surface area contributed by atoms with Gasteiger partial charge < -0.3 is 15.5 Å². The monoisotopic (exact) mass is 342 g/mol. The molecule has 7 heteroatoms. The Morgan fingerprint density at radius 2 is 2.08 bits per heavy atom. The predicted molar refractivity (Wildman–Crippen MR) is 99.6 cm³/mol. The van der Waals surface area contributed by atoms with Crippen molar-refractivity contribution in [1.82, 2.24) is 25.3 Å². The van der Waals surface area contributed by atoms with Crippen LogP contribution < -0.4 is 10.6 Å². The lowest BCUT2D eigenvalue weighted by atomic mass is 10.1. The smallest absolute Gasteiger partial charge is 0.253 e. The SMILES string of the molecule is CN=C(NCCc1cccc(C(=O)N(C)C)c1)NCc1ccnn1C. The van der Waals surface area contributed by atoms with Crippen LogP contribution in [0.3, 0.4) is 0 Å². The minimum absolute atomic E-state index is 0.0171. The van der Waals surface area contributed by atoms with Crippen LogP contribution in [0.15, 0.2) is 41.5 Å². The average molecular weight is 342 g/mol. The lowest BCUT2D eigenvalue weighted by molar-refractivity contribution is 0.0827. The van der Waals surface area contributed by atoms with Gasteiger partial charge in [0, 0.05) is 46.5 Å². The Morgan fingerprint density at radius 1 is 1.28 bits per heavy atom. The molecule has 0 atom stereocenters. The van der Waals surface area contributed by atoms with E-state index in [1.165, 1.54) is 0 Å². The van der Waals surface area contributed by atoms with Gasteiger partial charge in [-0.25, -0.2) is 0 Å². The second-order valence-electron chi connectivity index (χ2n) is 5.95. The van der Waals surface area contributed by atoms with E-state index in [0.717, 1.165) is 30.2 Å². The number of benzene rings is 1. The molecule has 0 saturated heterocycles. The molecule has 0 unspecified atom stereocenters.